The summed E-state index contributed by atoms with van der Waals surface area (Å²) in [5.41, 5.74) is 3.34. The van der Waals surface area contributed by atoms with Crippen LogP contribution in [0.2, 0.25) is 0 Å². The molecule has 160 valence electrons. The van der Waals surface area contributed by atoms with Crippen LogP contribution in [0.5, 0.6) is 0 Å². The second kappa shape index (κ2) is 10.1. The lowest BCUT2D eigenvalue weighted by atomic mass is 9.92. The van der Waals surface area contributed by atoms with E-state index < -0.39 is 12.2 Å². The van der Waals surface area contributed by atoms with Crippen LogP contribution in [0.25, 0.3) is 0 Å². The van der Waals surface area contributed by atoms with Gasteiger partial charge in [-0.2, -0.15) is 0 Å². The number of aliphatic hydroxyl groups is 1. The Balaban J connectivity index is 1.61. The van der Waals surface area contributed by atoms with Gasteiger partial charge in [-0.15, -0.1) is 0 Å². The standard InChI is InChI=1S/C22H28N4O4/c1-14-7-9-16(21(28)25-17-5-3-4-6-19(17)27)11-18(14)23-12-15-8-10-20(24-13-15)26-22(29)30-2/h7-11,13,17,19,23,27H,3-6,12H2,1-2H3,(H,25,28)(H,24,26,29)/t17-,19-/m0/s1. The van der Waals surface area contributed by atoms with Crippen molar-refractivity contribution in [3.8, 4) is 0 Å². The number of ether oxygens (including phenoxy) is 1. The van der Waals surface area contributed by atoms with Crippen molar-refractivity contribution in [2.45, 2.75) is 51.3 Å². The SMILES string of the molecule is COC(=O)Nc1ccc(CNc2cc(C(=O)N[C@H]3CCCC[C@@H]3O)ccc2C)cn1. The number of rotatable bonds is 6. The van der Waals surface area contributed by atoms with E-state index in [-0.39, 0.29) is 11.9 Å². The van der Waals surface area contributed by atoms with E-state index >= 15 is 0 Å². The summed E-state index contributed by atoms with van der Waals surface area (Å²) in [5, 5.41) is 18.9. The van der Waals surface area contributed by atoms with Crippen molar-refractivity contribution in [3.63, 3.8) is 0 Å². The number of aromatic nitrogens is 1. The highest BCUT2D eigenvalue weighted by Crippen LogP contribution is 2.21. The van der Waals surface area contributed by atoms with E-state index in [2.05, 4.69) is 25.7 Å². The van der Waals surface area contributed by atoms with E-state index in [4.69, 9.17) is 0 Å². The van der Waals surface area contributed by atoms with Crippen LogP contribution >= 0.6 is 0 Å². The monoisotopic (exact) mass is 412 g/mol. The molecule has 4 N–H and O–H groups in total. The van der Waals surface area contributed by atoms with Crippen LogP contribution in [0, 0.1) is 6.92 Å². The Morgan fingerprint density at radius 1 is 1.20 bits per heavy atom. The first-order valence-electron chi connectivity index (χ1n) is 10.1. The molecule has 0 aliphatic heterocycles. The number of aliphatic hydroxyl groups excluding tert-OH is 1. The molecule has 8 heteroatoms. The second-order valence-electron chi connectivity index (χ2n) is 7.48. The number of methoxy groups -OCH3 is 1. The van der Waals surface area contributed by atoms with Crippen molar-refractivity contribution in [1.29, 1.82) is 0 Å². The van der Waals surface area contributed by atoms with Crippen LogP contribution in [0.1, 0.15) is 47.2 Å². The molecule has 8 nitrogen and oxygen atoms in total. The molecule has 0 spiro atoms. The van der Waals surface area contributed by atoms with Crippen molar-refractivity contribution in [2.75, 3.05) is 17.7 Å². The Bertz CT molecular complexity index is 885. The summed E-state index contributed by atoms with van der Waals surface area (Å²) in [6.07, 6.45) is 4.17. The molecule has 1 aromatic heterocycles. The second-order valence-corrected chi connectivity index (χ2v) is 7.48. The normalized spacial score (nSPS) is 18.4. The number of aryl methyl sites for hydroxylation is 1. The minimum absolute atomic E-state index is 0.177. The van der Waals surface area contributed by atoms with Gasteiger partial charge in [-0.3, -0.25) is 10.1 Å². The molecule has 1 aliphatic carbocycles. The number of nitrogens with zero attached hydrogens (tertiary/aromatic N) is 1. The van der Waals surface area contributed by atoms with E-state index in [9.17, 15) is 14.7 Å². The Morgan fingerprint density at radius 2 is 2.00 bits per heavy atom. The first-order valence-corrected chi connectivity index (χ1v) is 10.1. The molecule has 1 saturated carbocycles. The number of carbonyl (C=O) groups is 2. The molecule has 0 radical (unpaired) electrons. The fraction of sp³-hybridized carbons (Fsp3) is 0.409. The van der Waals surface area contributed by atoms with Gasteiger partial charge in [-0.25, -0.2) is 9.78 Å². The first-order chi connectivity index (χ1) is 14.5. The molecule has 1 aromatic carbocycles. The highest BCUT2D eigenvalue weighted by Gasteiger charge is 2.25. The Morgan fingerprint density at radius 3 is 2.70 bits per heavy atom. The lowest BCUT2D eigenvalue weighted by Gasteiger charge is -2.28. The molecule has 30 heavy (non-hydrogen) atoms. The number of nitrogens with one attached hydrogen (secondary N) is 3. The van der Waals surface area contributed by atoms with Gasteiger partial charge in [-0.05, 0) is 49.1 Å². The molecular weight excluding hydrogens is 384 g/mol. The molecular formula is C22H28N4O4. The number of amides is 2. The van der Waals surface area contributed by atoms with Crippen LogP contribution in [0.4, 0.5) is 16.3 Å². The fourth-order valence-corrected chi connectivity index (χ4v) is 3.44. The largest absolute Gasteiger partial charge is 0.453 e. The molecule has 0 bridgehead atoms. The van der Waals surface area contributed by atoms with Crippen LogP contribution < -0.4 is 16.0 Å². The maximum Gasteiger partial charge on any atom is 0.412 e. The first kappa shape index (κ1) is 21.6. The van der Waals surface area contributed by atoms with Gasteiger partial charge in [0.2, 0.25) is 0 Å². The average molecular weight is 412 g/mol. The summed E-state index contributed by atoms with van der Waals surface area (Å²) in [6, 6.07) is 8.87. The Hall–Kier alpha value is -3.13. The third-order valence-electron chi connectivity index (χ3n) is 5.27. The zero-order chi connectivity index (χ0) is 21.5. The summed E-state index contributed by atoms with van der Waals surface area (Å²) in [7, 11) is 1.29. The van der Waals surface area contributed by atoms with E-state index in [0.29, 0.717) is 17.9 Å². The number of anilines is 2. The zero-order valence-corrected chi connectivity index (χ0v) is 17.3. The third kappa shape index (κ3) is 5.70. The third-order valence-corrected chi connectivity index (χ3v) is 5.27. The van der Waals surface area contributed by atoms with Gasteiger partial charge >= 0.3 is 6.09 Å². The molecule has 2 atom stereocenters. The quantitative estimate of drug-likeness (QED) is 0.580. The lowest BCUT2D eigenvalue weighted by molar-refractivity contribution is 0.0717. The predicted molar refractivity (Wildman–Crippen MR) is 114 cm³/mol. The van der Waals surface area contributed by atoms with Crippen molar-refractivity contribution in [2.24, 2.45) is 0 Å². The highest BCUT2D eigenvalue weighted by atomic mass is 16.5. The Kier molecular flexibility index (Phi) is 7.24. The number of hydrogen-bond donors (Lipinski definition) is 4. The molecule has 1 fully saturated rings. The van der Waals surface area contributed by atoms with Gasteiger partial charge in [-0.1, -0.05) is 25.0 Å². The van der Waals surface area contributed by atoms with Gasteiger partial charge in [0.1, 0.15) is 5.82 Å². The average Bonchev–Trinajstić information content (AvgIpc) is 2.75. The van der Waals surface area contributed by atoms with E-state index in [1.807, 2.05) is 25.1 Å². The number of pyridine rings is 1. The van der Waals surface area contributed by atoms with Gasteiger partial charge < -0.3 is 20.5 Å². The summed E-state index contributed by atoms with van der Waals surface area (Å²) in [5.74, 6) is 0.231. The molecule has 0 saturated heterocycles. The van der Waals surface area contributed by atoms with Crippen molar-refractivity contribution < 1.29 is 19.4 Å². The topological polar surface area (TPSA) is 113 Å². The number of hydrogen-bond acceptors (Lipinski definition) is 6. The fourth-order valence-electron chi connectivity index (χ4n) is 3.44. The van der Waals surface area contributed by atoms with E-state index in [1.54, 1.807) is 18.3 Å². The van der Waals surface area contributed by atoms with E-state index in [0.717, 1.165) is 42.5 Å². The van der Waals surface area contributed by atoms with Crippen LogP contribution in [0.15, 0.2) is 36.5 Å². The maximum absolute atomic E-state index is 12.6. The Labute approximate surface area is 176 Å². The van der Waals surface area contributed by atoms with Crippen molar-refractivity contribution in [3.05, 3.63) is 53.2 Å². The predicted octanol–water partition coefficient (Wildman–Crippen LogP) is 3.21. The lowest BCUT2D eigenvalue weighted by Crippen LogP contribution is -2.45. The summed E-state index contributed by atoms with van der Waals surface area (Å²) in [4.78, 5) is 28.0. The van der Waals surface area contributed by atoms with Crippen LogP contribution in [-0.2, 0) is 11.3 Å². The molecule has 3 rings (SSSR count). The van der Waals surface area contributed by atoms with Crippen molar-refractivity contribution in [1.82, 2.24) is 10.3 Å². The smallest absolute Gasteiger partial charge is 0.412 e. The van der Waals surface area contributed by atoms with Crippen molar-refractivity contribution >= 4 is 23.5 Å². The van der Waals surface area contributed by atoms with Crippen LogP contribution in [0.3, 0.4) is 0 Å². The molecule has 2 amide bonds. The highest BCUT2D eigenvalue weighted by molar-refractivity contribution is 5.95. The zero-order valence-electron chi connectivity index (χ0n) is 17.3. The molecule has 1 aliphatic rings. The van der Waals surface area contributed by atoms with E-state index in [1.165, 1.54) is 7.11 Å². The number of carbonyl (C=O) groups excluding carboxylic acids is 2. The summed E-state index contributed by atoms with van der Waals surface area (Å²) >= 11 is 0. The minimum Gasteiger partial charge on any atom is -0.453 e. The van der Waals surface area contributed by atoms with Gasteiger partial charge in [0.05, 0.1) is 19.3 Å². The van der Waals surface area contributed by atoms with Crippen LogP contribution in [-0.4, -0.2) is 41.3 Å². The van der Waals surface area contributed by atoms with Gasteiger partial charge in [0.25, 0.3) is 5.91 Å². The maximum atomic E-state index is 12.6. The minimum atomic E-state index is -0.570. The number of benzene rings is 1. The molecule has 1 heterocycles. The summed E-state index contributed by atoms with van der Waals surface area (Å²) < 4.78 is 4.54. The van der Waals surface area contributed by atoms with Gasteiger partial charge in [0.15, 0.2) is 0 Å². The van der Waals surface area contributed by atoms with Gasteiger partial charge in [0, 0.05) is 24.0 Å². The summed E-state index contributed by atoms with van der Waals surface area (Å²) in [6.45, 7) is 2.48. The molecule has 2 aromatic rings. The molecule has 0 unspecified atom stereocenters.